The van der Waals surface area contributed by atoms with Crippen molar-refractivity contribution in [1.82, 2.24) is 5.32 Å². The molecule has 1 unspecified atom stereocenters. The highest BCUT2D eigenvalue weighted by atomic mass is 16.3. The Bertz CT molecular complexity index is 162. The molecule has 3 heteroatoms. The molecule has 2 N–H and O–H groups in total. The predicted octanol–water partition coefficient (Wildman–Crippen LogP) is 1.06. The molecule has 0 radical (unpaired) electrons. The maximum atomic E-state index is 11.0. The summed E-state index contributed by atoms with van der Waals surface area (Å²) in [6.45, 7) is 2.21. The van der Waals surface area contributed by atoms with E-state index in [2.05, 4.69) is 5.32 Å². The van der Waals surface area contributed by atoms with Crippen LogP contribution in [0.4, 0.5) is 0 Å². The van der Waals surface area contributed by atoms with Crippen LogP contribution in [-0.2, 0) is 4.79 Å². The highest BCUT2D eigenvalue weighted by molar-refractivity contribution is 5.79. The van der Waals surface area contributed by atoms with Gasteiger partial charge in [0.25, 0.3) is 0 Å². The minimum atomic E-state index is -0.872. The Kier molecular flexibility index (Phi) is 4.22. The molecule has 13 heavy (non-hydrogen) atoms. The number of aliphatic hydroxyl groups is 1. The Hall–Kier alpha value is -0.570. The van der Waals surface area contributed by atoms with E-state index in [0.717, 1.165) is 12.3 Å². The zero-order valence-corrected chi connectivity index (χ0v) is 8.25. The van der Waals surface area contributed by atoms with Crippen molar-refractivity contribution in [3.8, 4) is 0 Å². The third-order valence-corrected chi connectivity index (χ3v) is 2.71. The number of nitrogens with one attached hydrogen (secondary N) is 1. The highest BCUT2D eigenvalue weighted by Crippen LogP contribution is 2.26. The van der Waals surface area contributed by atoms with Crippen LogP contribution in [0.2, 0.25) is 0 Å². The first-order chi connectivity index (χ1) is 6.20. The van der Waals surface area contributed by atoms with E-state index in [4.69, 9.17) is 5.11 Å². The molecule has 0 aliphatic heterocycles. The minimum Gasteiger partial charge on any atom is -0.384 e. The lowest BCUT2D eigenvalue weighted by Gasteiger charge is -2.10. The van der Waals surface area contributed by atoms with E-state index >= 15 is 0 Å². The van der Waals surface area contributed by atoms with Crippen molar-refractivity contribution in [2.75, 3.05) is 6.54 Å². The van der Waals surface area contributed by atoms with Gasteiger partial charge in [0.15, 0.2) is 0 Å². The lowest BCUT2D eigenvalue weighted by molar-refractivity contribution is -0.128. The van der Waals surface area contributed by atoms with Crippen molar-refractivity contribution in [3.05, 3.63) is 0 Å². The first-order valence-corrected chi connectivity index (χ1v) is 5.16. The zero-order chi connectivity index (χ0) is 9.68. The van der Waals surface area contributed by atoms with Gasteiger partial charge < -0.3 is 10.4 Å². The summed E-state index contributed by atoms with van der Waals surface area (Å²) in [6.07, 6.45) is 5.50. The Balaban J connectivity index is 2.03. The highest BCUT2D eigenvalue weighted by Gasteiger charge is 2.15. The fourth-order valence-electron chi connectivity index (χ4n) is 1.85. The summed E-state index contributed by atoms with van der Waals surface area (Å²) in [7, 11) is 0. The van der Waals surface area contributed by atoms with Crippen LogP contribution < -0.4 is 5.32 Å². The van der Waals surface area contributed by atoms with Crippen molar-refractivity contribution in [1.29, 1.82) is 0 Å². The standard InChI is InChI=1S/C10H19NO2/c1-8(12)10(13)11-7-6-9-4-2-3-5-9/h8-9,12H,2-7H2,1H3,(H,11,13). The quantitative estimate of drug-likeness (QED) is 0.688. The number of carbonyl (C=O) groups is 1. The third-order valence-electron chi connectivity index (χ3n) is 2.71. The zero-order valence-electron chi connectivity index (χ0n) is 8.25. The second-order valence-electron chi connectivity index (χ2n) is 3.91. The van der Waals surface area contributed by atoms with Gasteiger partial charge >= 0.3 is 0 Å². The fourth-order valence-corrected chi connectivity index (χ4v) is 1.85. The molecule has 1 aliphatic rings. The van der Waals surface area contributed by atoms with Gasteiger partial charge in [0.05, 0.1) is 0 Å². The lowest BCUT2D eigenvalue weighted by Crippen LogP contribution is -2.33. The number of carbonyl (C=O) groups excluding carboxylic acids is 1. The van der Waals surface area contributed by atoms with Gasteiger partial charge in [-0.3, -0.25) is 4.79 Å². The number of rotatable bonds is 4. The molecule has 0 spiro atoms. The SMILES string of the molecule is CC(O)C(=O)NCCC1CCCC1. The number of hydrogen-bond donors (Lipinski definition) is 2. The summed E-state index contributed by atoms with van der Waals surface area (Å²) in [5.74, 6) is 0.548. The minimum absolute atomic E-state index is 0.252. The largest absolute Gasteiger partial charge is 0.384 e. The number of amides is 1. The molecular formula is C10H19NO2. The van der Waals surface area contributed by atoms with Crippen LogP contribution in [0.1, 0.15) is 39.0 Å². The van der Waals surface area contributed by atoms with Crippen LogP contribution in [0.15, 0.2) is 0 Å². The van der Waals surface area contributed by atoms with Crippen molar-refractivity contribution < 1.29 is 9.90 Å². The number of aliphatic hydroxyl groups excluding tert-OH is 1. The summed E-state index contributed by atoms with van der Waals surface area (Å²) < 4.78 is 0. The molecule has 76 valence electrons. The molecule has 1 fully saturated rings. The van der Waals surface area contributed by atoms with Crippen molar-refractivity contribution in [3.63, 3.8) is 0 Å². The molecule has 0 bridgehead atoms. The molecule has 0 aromatic carbocycles. The van der Waals surface area contributed by atoms with Crippen LogP contribution in [-0.4, -0.2) is 23.7 Å². The average Bonchev–Trinajstić information content (AvgIpc) is 2.56. The summed E-state index contributed by atoms with van der Waals surface area (Å²) in [5, 5.41) is 11.6. The molecule has 0 saturated heterocycles. The molecule has 1 aliphatic carbocycles. The van der Waals surface area contributed by atoms with Gasteiger partial charge in [-0.1, -0.05) is 25.7 Å². The summed E-state index contributed by atoms with van der Waals surface area (Å²) >= 11 is 0. The van der Waals surface area contributed by atoms with Gasteiger partial charge in [-0.2, -0.15) is 0 Å². The topological polar surface area (TPSA) is 49.3 Å². The fraction of sp³-hybridized carbons (Fsp3) is 0.900. The van der Waals surface area contributed by atoms with E-state index in [1.54, 1.807) is 0 Å². The Morgan fingerprint density at radius 3 is 2.69 bits per heavy atom. The van der Waals surface area contributed by atoms with Gasteiger partial charge in [-0.25, -0.2) is 0 Å². The Labute approximate surface area is 79.5 Å². The molecule has 1 atom stereocenters. The van der Waals surface area contributed by atoms with Gasteiger partial charge in [-0.15, -0.1) is 0 Å². The van der Waals surface area contributed by atoms with Crippen LogP contribution in [0.5, 0.6) is 0 Å². The van der Waals surface area contributed by atoms with Crippen molar-refractivity contribution in [2.24, 2.45) is 5.92 Å². The average molecular weight is 185 g/mol. The molecular weight excluding hydrogens is 166 g/mol. The third kappa shape index (κ3) is 3.77. The Morgan fingerprint density at radius 1 is 1.54 bits per heavy atom. The van der Waals surface area contributed by atoms with E-state index in [1.807, 2.05) is 0 Å². The van der Waals surface area contributed by atoms with Gasteiger partial charge in [-0.05, 0) is 19.3 Å². The smallest absolute Gasteiger partial charge is 0.248 e. The second kappa shape index (κ2) is 5.22. The second-order valence-corrected chi connectivity index (χ2v) is 3.91. The lowest BCUT2D eigenvalue weighted by atomic mass is 10.0. The van der Waals surface area contributed by atoms with E-state index in [1.165, 1.54) is 32.6 Å². The molecule has 1 rings (SSSR count). The Morgan fingerprint density at radius 2 is 2.15 bits per heavy atom. The number of hydrogen-bond acceptors (Lipinski definition) is 2. The maximum Gasteiger partial charge on any atom is 0.248 e. The molecule has 0 aromatic heterocycles. The van der Waals surface area contributed by atoms with Gasteiger partial charge in [0.2, 0.25) is 5.91 Å². The molecule has 1 saturated carbocycles. The van der Waals surface area contributed by atoms with Crippen molar-refractivity contribution >= 4 is 5.91 Å². The molecule has 0 aromatic rings. The molecule has 1 amide bonds. The van der Waals surface area contributed by atoms with Gasteiger partial charge in [0, 0.05) is 6.54 Å². The maximum absolute atomic E-state index is 11.0. The van der Waals surface area contributed by atoms with Crippen LogP contribution in [0, 0.1) is 5.92 Å². The molecule has 0 heterocycles. The van der Waals surface area contributed by atoms with E-state index in [0.29, 0.717) is 6.54 Å². The first kappa shape index (κ1) is 10.5. The first-order valence-electron chi connectivity index (χ1n) is 5.16. The summed E-state index contributed by atoms with van der Waals surface area (Å²) in [6, 6.07) is 0. The van der Waals surface area contributed by atoms with Crippen LogP contribution in [0.25, 0.3) is 0 Å². The van der Waals surface area contributed by atoms with Crippen molar-refractivity contribution in [2.45, 2.75) is 45.1 Å². The van der Waals surface area contributed by atoms with Crippen LogP contribution >= 0.6 is 0 Å². The summed E-state index contributed by atoms with van der Waals surface area (Å²) in [4.78, 5) is 11.0. The normalized spacial score (nSPS) is 20.2. The predicted molar refractivity (Wildman–Crippen MR) is 51.3 cm³/mol. The monoisotopic (exact) mass is 185 g/mol. The van der Waals surface area contributed by atoms with E-state index in [-0.39, 0.29) is 5.91 Å². The molecule has 3 nitrogen and oxygen atoms in total. The summed E-state index contributed by atoms with van der Waals surface area (Å²) in [5.41, 5.74) is 0. The van der Waals surface area contributed by atoms with Crippen LogP contribution in [0.3, 0.4) is 0 Å². The van der Waals surface area contributed by atoms with E-state index in [9.17, 15) is 4.79 Å². The van der Waals surface area contributed by atoms with Gasteiger partial charge in [0.1, 0.15) is 6.10 Å². The van der Waals surface area contributed by atoms with E-state index < -0.39 is 6.10 Å².